The fourth-order valence-corrected chi connectivity index (χ4v) is 7.08. The fraction of sp³-hybridized carbons (Fsp3) is 0.800. The van der Waals surface area contributed by atoms with E-state index in [0.29, 0.717) is 18.1 Å². The van der Waals surface area contributed by atoms with E-state index < -0.39 is 0 Å². The van der Waals surface area contributed by atoms with Crippen LogP contribution in [0.3, 0.4) is 0 Å². The van der Waals surface area contributed by atoms with E-state index in [-0.39, 0.29) is 52.7 Å². The van der Waals surface area contributed by atoms with Gasteiger partial charge in [0.2, 0.25) is 0 Å². The van der Waals surface area contributed by atoms with Gasteiger partial charge in [-0.05, 0) is 55.4 Å². The molecule has 3 saturated carbocycles. The van der Waals surface area contributed by atoms with Crippen LogP contribution in [-0.4, -0.2) is 29.9 Å². The van der Waals surface area contributed by atoms with Crippen molar-refractivity contribution in [2.45, 2.75) is 91.8 Å². The van der Waals surface area contributed by atoms with E-state index in [9.17, 15) is 14.4 Å². The summed E-state index contributed by atoms with van der Waals surface area (Å²) in [4.78, 5) is 36.9. The Morgan fingerprint density at radius 1 is 1.03 bits per heavy atom. The molecule has 0 aromatic rings. The second-order valence-electron chi connectivity index (χ2n) is 10.8. The van der Waals surface area contributed by atoms with E-state index in [2.05, 4.69) is 19.9 Å². The van der Waals surface area contributed by atoms with Gasteiger partial charge in [0.15, 0.2) is 0 Å². The topological polar surface area (TPSA) is 69.7 Å². The Morgan fingerprint density at radius 2 is 1.70 bits per heavy atom. The molecule has 0 radical (unpaired) electrons. The first-order valence-corrected chi connectivity index (χ1v) is 11.7. The van der Waals surface area contributed by atoms with Crippen LogP contribution in [0.4, 0.5) is 0 Å². The highest BCUT2D eigenvalue weighted by molar-refractivity contribution is 5.87. The molecule has 0 aliphatic heterocycles. The number of rotatable bonds is 3. The lowest BCUT2D eigenvalue weighted by atomic mass is 9.47. The minimum atomic E-state index is -0.292. The molecule has 7 unspecified atom stereocenters. The first kappa shape index (κ1) is 21.6. The summed E-state index contributed by atoms with van der Waals surface area (Å²) in [6.07, 6.45) is 7.82. The van der Waals surface area contributed by atoms with Gasteiger partial charge in [-0.2, -0.15) is 0 Å². The predicted octanol–water partition coefficient (Wildman–Crippen LogP) is 4.63. The SMILES string of the molecule is CC(=O)OC1CCC2(C)C(=CC(OC(=O)C(C)C)C3C4CCC(=O)C4(C)CCC32)C1. The number of hydrogen-bond donors (Lipinski definition) is 0. The third kappa shape index (κ3) is 3.33. The molecule has 3 fully saturated rings. The summed E-state index contributed by atoms with van der Waals surface area (Å²) in [5.41, 5.74) is 1.02. The van der Waals surface area contributed by atoms with Crippen LogP contribution < -0.4 is 0 Å². The lowest BCUT2D eigenvalue weighted by Crippen LogP contribution is -2.55. The Morgan fingerprint density at radius 3 is 2.37 bits per heavy atom. The molecule has 0 aromatic carbocycles. The average molecular weight is 417 g/mol. The molecule has 0 amide bonds. The molecule has 0 saturated heterocycles. The van der Waals surface area contributed by atoms with Gasteiger partial charge in [-0.1, -0.05) is 33.3 Å². The summed E-state index contributed by atoms with van der Waals surface area (Å²) in [6, 6.07) is 0. The van der Waals surface area contributed by atoms with Crippen LogP contribution in [0.5, 0.6) is 0 Å². The number of fused-ring (bicyclic) bond motifs is 5. The quantitative estimate of drug-likeness (QED) is 0.496. The Bertz CT molecular complexity index is 782. The van der Waals surface area contributed by atoms with Crippen molar-refractivity contribution in [3.63, 3.8) is 0 Å². The number of carbonyl (C=O) groups excluding carboxylic acids is 3. The smallest absolute Gasteiger partial charge is 0.308 e. The highest BCUT2D eigenvalue weighted by Gasteiger charge is 2.61. The third-order valence-electron chi connectivity index (χ3n) is 8.83. The lowest BCUT2D eigenvalue weighted by molar-refractivity contribution is -0.164. The van der Waals surface area contributed by atoms with Gasteiger partial charge in [-0.25, -0.2) is 0 Å². The highest BCUT2D eigenvalue weighted by atomic mass is 16.5. The average Bonchev–Trinajstić information content (AvgIpc) is 2.97. The number of esters is 2. The van der Waals surface area contributed by atoms with Crippen molar-refractivity contribution >= 4 is 17.7 Å². The van der Waals surface area contributed by atoms with Crippen molar-refractivity contribution in [1.29, 1.82) is 0 Å². The molecule has 0 bridgehead atoms. The van der Waals surface area contributed by atoms with Crippen LogP contribution >= 0.6 is 0 Å². The van der Waals surface area contributed by atoms with Gasteiger partial charge in [-0.3, -0.25) is 14.4 Å². The van der Waals surface area contributed by atoms with Crippen molar-refractivity contribution < 1.29 is 23.9 Å². The number of ketones is 1. The minimum Gasteiger partial charge on any atom is -0.462 e. The van der Waals surface area contributed by atoms with E-state index >= 15 is 0 Å². The maximum Gasteiger partial charge on any atom is 0.308 e. The van der Waals surface area contributed by atoms with E-state index in [4.69, 9.17) is 9.47 Å². The fourth-order valence-electron chi connectivity index (χ4n) is 7.08. The van der Waals surface area contributed by atoms with Crippen LogP contribution in [0.2, 0.25) is 0 Å². The standard InChI is InChI=1S/C25H36O5/c1-14(2)23(28)30-20-13-16-12-17(29-15(3)26)8-10-24(16,4)19-9-11-25(5)18(22(19)20)6-7-21(25)27/h13-14,17-20,22H,6-12H2,1-5H3. The number of ether oxygens (including phenoxy) is 2. The maximum atomic E-state index is 12.8. The van der Waals surface area contributed by atoms with Crippen LogP contribution in [0.1, 0.15) is 79.6 Å². The molecule has 4 aliphatic rings. The zero-order chi connectivity index (χ0) is 21.8. The summed E-state index contributed by atoms with van der Waals surface area (Å²) in [5, 5.41) is 0. The van der Waals surface area contributed by atoms with Gasteiger partial charge in [0, 0.05) is 31.1 Å². The number of hydrogen-bond acceptors (Lipinski definition) is 5. The predicted molar refractivity (Wildman–Crippen MR) is 112 cm³/mol. The highest BCUT2D eigenvalue weighted by Crippen LogP contribution is 2.64. The van der Waals surface area contributed by atoms with Crippen LogP contribution in [0, 0.1) is 34.5 Å². The van der Waals surface area contributed by atoms with E-state index in [1.165, 1.54) is 12.5 Å². The molecule has 5 nitrogen and oxygen atoms in total. The molecule has 0 aromatic heterocycles. The van der Waals surface area contributed by atoms with E-state index in [1.807, 2.05) is 13.8 Å². The van der Waals surface area contributed by atoms with Gasteiger partial charge in [-0.15, -0.1) is 0 Å². The van der Waals surface area contributed by atoms with Crippen LogP contribution in [0.15, 0.2) is 11.6 Å². The summed E-state index contributed by atoms with van der Waals surface area (Å²) in [6.45, 7) is 9.68. The van der Waals surface area contributed by atoms with Gasteiger partial charge in [0.25, 0.3) is 0 Å². The number of carbonyl (C=O) groups is 3. The van der Waals surface area contributed by atoms with Gasteiger partial charge >= 0.3 is 11.9 Å². The van der Waals surface area contributed by atoms with Crippen LogP contribution in [0.25, 0.3) is 0 Å². The Hall–Kier alpha value is -1.65. The molecule has 166 valence electrons. The second kappa shape index (κ2) is 7.49. The largest absolute Gasteiger partial charge is 0.462 e. The molecule has 4 aliphatic carbocycles. The third-order valence-corrected chi connectivity index (χ3v) is 8.83. The molecular formula is C25H36O5. The van der Waals surface area contributed by atoms with E-state index in [0.717, 1.165) is 38.5 Å². The van der Waals surface area contributed by atoms with Gasteiger partial charge in [0.05, 0.1) is 5.92 Å². The van der Waals surface area contributed by atoms with Crippen molar-refractivity contribution in [2.24, 2.45) is 34.5 Å². The summed E-state index contributed by atoms with van der Waals surface area (Å²) in [7, 11) is 0. The first-order valence-electron chi connectivity index (χ1n) is 11.7. The van der Waals surface area contributed by atoms with E-state index in [1.54, 1.807) is 0 Å². The monoisotopic (exact) mass is 416 g/mol. The maximum absolute atomic E-state index is 12.8. The molecule has 0 spiro atoms. The molecule has 7 atom stereocenters. The summed E-state index contributed by atoms with van der Waals surface area (Å²) >= 11 is 0. The zero-order valence-corrected chi connectivity index (χ0v) is 19.0. The zero-order valence-electron chi connectivity index (χ0n) is 19.0. The minimum absolute atomic E-state index is 0.0228. The Balaban J connectivity index is 1.72. The van der Waals surface area contributed by atoms with Crippen molar-refractivity contribution in [2.75, 3.05) is 0 Å². The second-order valence-corrected chi connectivity index (χ2v) is 10.8. The molecule has 0 N–H and O–H groups in total. The molecule has 4 rings (SSSR count). The van der Waals surface area contributed by atoms with Gasteiger partial charge < -0.3 is 9.47 Å². The van der Waals surface area contributed by atoms with Crippen molar-refractivity contribution in [3.8, 4) is 0 Å². The lowest BCUT2D eigenvalue weighted by Gasteiger charge is -2.58. The molecule has 5 heteroatoms. The van der Waals surface area contributed by atoms with Crippen molar-refractivity contribution in [3.05, 3.63) is 11.6 Å². The van der Waals surface area contributed by atoms with Crippen molar-refractivity contribution in [1.82, 2.24) is 0 Å². The normalized spacial score (nSPS) is 42.7. The Kier molecular flexibility index (Phi) is 5.39. The summed E-state index contributed by atoms with van der Waals surface area (Å²) < 4.78 is 11.6. The Labute approximate surface area is 179 Å². The first-order chi connectivity index (χ1) is 14.1. The molecule has 30 heavy (non-hydrogen) atoms. The summed E-state index contributed by atoms with van der Waals surface area (Å²) in [5.74, 6) is 0.645. The van der Waals surface area contributed by atoms with Gasteiger partial charge in [0.1, 0.15) is 18.0 Å². The molecule has 0 heterocycles. The molecular weight excluding hydrogens is 380 g/mol. The van der Waals surface area contributed by atoms with Crippen LogP contribution in [-0.2, 0) is 23.9 Å². The number of Topliss-reactive ketones (excluding diaryl/α,β-unsaturated/α-hetero) is 1.